The second-order valence-electron chi connectivity index (χ2n) is 9.39. The van der Waals surface area contributed by atoms with Crippen molar-refractivity contribution in [1.29, 1.82) is 0 Å². The van der Waals surface area contributed by atoms with E-state index in [1.54, 1.807) is 6.20 Å². The molecule has 32 heavy (non-hydrogen) atoms. The van der Waals surface area contributed by atoms with Crippen molar-refractivity contribution in [2.75, 3.05) is 13.2 Å². The highest BCUT2D eigenvalue weighted by molar-refractivity contribution is 6.76. The Hall–Kier alpha value is -2.90. The van der Waals surface area contributed by atoms with Crippen LogP contribution in [0.3, 0.4) is 0 Å². The van der Waals surface area contributed by atoms with Gasteiger partial charge in [0, 0.05) is 57.1 Å². The van der Waals surface area contributed by atoms with E-state index >= 15 is 0 Å². The van der Waals surface area contributed by atoms with Crippen molar-refractivity contribution in [3.05, 3.63) is 66.7 Å². The topological polar surface area (TPSA) is 54.1 Å². The molecule has 0 aliphatic rings. The Morgan fingerprint density at radius 2 is 1.81 bits per heavy atom. The molecule has 0 aliphatic carbocycles. The average molecular weight is 449 g/mol. The van der Waals surface area contributed by atoms with Crippen LogP contribution in [-0.2, 0) is 24.9 Å². The van der Waals surface area contributed by atoms with Crippen LogP contribution in [0.4, 0.5) is 0 Å². The lowest BCUT2D eigenvalue weighted by Gasteiger charge is -2.15. The first kappa shape index (κ1) is 22.3. The molecular weight excluding hydrogens is 416 g/mol. The minimum absolute atomic E-state index is 0.489. The number of aryl methyl sites for hydroxylation is 1. The van der Waals surface area contributed by atoms with E-state index in [-0.39, 0.29) is 0 Å². The van der Waals surface area contributed by atoms with Gasteiger partial charge in [-0.05, 0) is 17.7 Å². The molecule has 0 aliphatic heterocycles. The van der Waals surface area contributed by atoms with Gasteiger partial charge in [0.05, 0.1) is 19.0 Å². The molecule has 0 bridgehead atoms. The van der Waals surface area contributed by atoms with Crippen LogP contribution in [0.25, 0.3) is 22.2 Å². The van der Waals surface area contributed by atoms with E-state index in [0.29, 0.717) is 13.3 Å². The van der Waals surface area contributed by atoms with Crippen molar-refractivity contribution in [3.8, 4) is 16.9 Å². The van der Waals surface area contributed by atoms with Gasteiger partial charge in [0.2, 0.25) is 0 Å². The van der Waals surface area contributed by atoms with Crippen LogP contribution in [0, 0.1) is 0 Å². The molecule has 0 amide bonds. The molecule has 3 aromatic heterocycles. The summed E-state index contributed by atoms with van der Waals surface area (Å²) in [5, 5.41) is 5.39. The second-order valence-corrected chi connectivity index (χ2v) is 15.0. The van der Waals surface area contributed by atoms with E-state index < -0.39 is 8.07 Å². The lowest BCUT2D eigenvalue weighted by atomic mass is 10.1. The SMILES string of the molecule is Cn1cc(-c2cn(COCC[Si](C)(C)C)c3ncc(OCCc4ccccc4)cc23)cn1. The van der Waals surface area contributed by atoms with E-state index in [9.17, 15) is 0 Å². The highest BCUT2D eigenvalue weighted by atomic mass is 28.3. The van der Waals surface area contributed by atoms with E-state index in [1.807, 2.05) is 30.2 Å². The van der Waals surface area contributed by atoms with Crippen molar-refractivity contribution >= 4 is 19.1 Å². The number of benzene rings is 1. The largest absolute Gasteiger partial charge is 0.492 e. The highest BCUT2D eigenvalue weighted by Crippen LogP contribution is 2.32. The zero-order valence-corrected chi connectivity index (χ0v) is 20.4. The summed E-state index contributed by atoms with van der Waals surface area (Å²) in [5.74, 6) is 0.774. The monoisotopic (exact) mass is 448 g/mol. The van der Waals surface area contributed by atoms with Gasteiger partial charge in [-0.3, -0.25) is 4.68 Å². The molecule has 3 heterocycles. The fourth-order valence-electron chi connectivity index (χ4n) is 3.59. The van der Waals surface area contributed by atoms with Gasteiger partial charge in [-0.25, -0.2) is 4.98 Å². The lowest BCUT2D eigenvalue weighted by Crippen LogP contribution is -2.22. The van der Waals surface area contributed by atoms with Crippen LogP contribution >= 0.6 is 0 Å². The minimum Gasteiger partial charge on any atom is -0.492 e. The maximum absolute atomic E-state index is 6.04. The summed E-state index contributed by atoms with van der Waals surface area (Å²) in [6.45, 7) is 8.97. The minimum atomic E-state index is -1.12. The van der Waals surface area contributed by atoms with E-state index in [1.165, 1.54) is 5.56 Å². The zero-order chi connectivity index (χ0) is 22.6. The number of nitrogens with zero attached hydrogens (tertiary/aromatic N) is 4. The van der Waals surface area contributed by atoms with Crippen LogP contribution < -0.4 is 4.74 Å². The summed E-state index contributed by atoms with van der Waals surface area (Å²) in [7, 11) is 0.813. The number of fused-ring (bicyclic) bond motifs is 1. The second kappa shape index (κ2) is 9.71. The van der Waals surface area contributed by atoms with Crippen molar-refractivity contribution in [2.24, 2.45) is 7.05 Å². The highest BCUT2D eigenvalue weighted by Gasteiger charge is 2.16. The molecule has 0 spiro atoms. The van der Waals surface area contributed by atoms with Gasteiger partial charge in [0.1, 0.15) is 18.1 Å². The molecule has 4 aromatic rings. The molecule has 0 fully saturated rings. The van der Waals surface area contributed by atoms with Crippen molar-refractivity contribution < 1.29 is 9.47 Å². The summed E-state index contributed by atoms with van der Waals surface area (Å²) >= 11 is 0. The Labute approximate surface area is 190 Å². The summed E-state index contributed by atoms with van der Waals surface area (Å²) in [5.41, 5.74) is 4.30. The normalized spacial score (nSPS) is 11.9. The standard InChI is InChI=1S/C25H32N4O2Si/c1-28-17-21(15-27-28)24-18-29(19-30-12-13-32(2,3)4)25-23(24)14-22(16-26-25)31-11-10-20-8-6-5-7-9-20/h5-9,14-18H,10-13,19H2,1-4H3. The van der Waals surface area contributed by atoms with Gasteiger partial charge in [-0.2, -0.15) is 5.10 Å². The first-order chi connectivity index (χ1) is 15.4. The van der Waals surface area contributed by atoms with Gasteiger partial charge in [0.15, 0.2) is 0 Å². The molecule has 6 nitrogen and oxygen atoms in total. The van der Waals surface area contributed by atoms with Crippen LogP contribution in [0.1, 0.15) is 5.56 Å². The van der Waals surface area contributed by atoms with Crippen molar-refractivity contribution in [3.63, 3.8) is 0 Å². The maximum atomic E-state index is 6.04. The fraction of sp³-hybridized carbons (Fsp3) is 0.360. The van der Waals surface area contributed by atoms with Crippen LogP contribution in [0.15, 0.2) is 61.2 Å². The molecule has 0 unspecified atom stereocenters. The molecule has 0 saturated heterocycles. The molecule has 0 saturated carbocycles. The van der Waals surface area contributed by atoms with Crippen LogP contribution in [0.5, 0.6) is 5.75 Å². The molecule has 0 atom stereocenters. The molecule has 0 N–H and O–H groups in total. The first-order valence-corrected chi connectivity index (χ1v) is 14.8. The average Bonchev–Trinajstić information content (AvgIpc) is 3.34. The summed E-state index contributed by atoms with van der Waals surface area (Å²) in [6.07, 6.45) is 8.68. The van der Waals surface area contributed by atoms with Gasteiger partial charge in [0.25, 0.3) is 0 Å². The number of hydrogen-bond donors (Lipinski definition) is 0. The quantitative estimate of drug-likeness (QED) is 0.242. The van der Waals surface area contributed by atoms with Crippen LogP contribution in [0.2, 0.25) is 25.7 Å². The van der Waals surface area contributed by atoms with E-state index in [0.717, 1.165) is 47.0 Å². The molecular formula is C25H32N4O2Si. The van der Waals surface area contributed by atoms with Crippen molar-refractivity contribution in [1.82, 2.24) is 19.3 Å². The Balaban J connectivity index is 1.54. The number of pyridine rings is 1. The van der Waals surface area contributed by atoms with E-state index in [2.05, 4.69) is 65.8 Å². The van der Waals surface area contributed by atoms with Crippen LogP contribution in [-0.4, -0.2) is 40.6 Å². The predicted octanol–water partition coefficient (Wildman–Crippen LogP) is 5.37. The predicted molar refractivity (Wildman–Crippen MR) is 132 cm³/mol. The molecule has 0 radical (unpaired) electrons. The van der Waals surface area contributed by atoms with Crippen molar-refractivity contribution in [2.45, 2.75) is 38.8 Å². The Kier molecular flexibility index (Phi) is 6.76. The Morgan fingerprint density at radius 3 is 2.53 bits per heavy atom. The van der Waals surface area contributed by atoms with Gasteiger partial charge in [-0.1, -0.05) is 50.0 Å². The smallest absolute Gasteiger partial charge is 0.142 e. The molecule has 1 aromatic carbocycles. The zero-order valence-electron chi connectivity index (χ0n) is 19.4. The Bertz CT molecular complexity index is 1160. The summed E-state index contributed by atoms with van der Waals surface area (Å²) < 4.78 is 15.9. The molecule has 7 heteroatoms. The summed E-state index contributed by atoms with van der Waals surface area (Å²) in [6, 6.07) is 13.6. The first-order valence-electron chi connectivity index (χ1n) is 11.1. The summed E-state index contributed by atoms with van der Waals surface area (Å²) in [4.78, 5) is 4.73. The Morgan fingerprint density at radius 1 is 1.00 bits per heavy atom. The third-order valence-corrected chi connectivity index (χ3v) is 7.14. The number of rotatable bonds is 10. The lowest BCUT2D eigenvalue weighted by molar-refractivity contribution is 0.0899. The van der Waals surface area contributed by atoms with Gasteiger partial charge >= 0.3 is 0 Å². The third kappa shape index (κ3) is 5.66. The number of aromatic nitrogens is 4. The maximum Gasteiger partial charge on any atom is 0.142 e. The third-order valence-electron chi connectivity index (χ3n) is 5.43. The molecule has 4 rings (SSSR count). The van der Waals surface area contributed by atoms with E-state index in [4.69, 9.17) is 14.5 Å². The van der Waals surface area contributed by atoms with Gasteiger partial charge in [-0.15, -0.1) is 0 Å². The number of hydrogen-bond acceptors (Lipinski definition) is 4. The number of ether oxygens (including phenoxy) is 2. The van der Waals surface area contributed by atoms with Gasteiger partial charge < -0.3 is 14.0 Å². The fourth-order valence-corrected chi connectivity index (χ4v) is 4.35. The molecule has 168 valence electrons.